The Morgan fingerprint density at radius 1 is 0.929 bits per heavy atom. The highest BCUT2D eigenvalue weighted by atomic mass is 14.7. The van der Waals surface area contributed by atoms with E-state index in [0.717, 1.165) is 29.6 Å². The van der Waals surface area contributed by atoms with E-state index in [9.17, 15) is 0 Å². The van der Waals surface area contributed by atoms with Gasteiger partial charge in [-0.2, -0.15) is 0 Å². The quantitative estimate of drug-likeness (QED) is 0.631. The number of hydrogen-bond acceptors (Lipinski definition) is 1. The predicted octanol–water partition coefficient (Wildman–Crippen LogP) is 3.04. The van der Waals surface area contributed by atoms with Crippen molar-refractivity contribution in [3.63, 3.8) is 0 Å². The predicted molar refractivity (Wildman–Crippen MR) is 60.9 cm³/mol. The number of hydrogen-bond donors (Lipinski definition) is 1. The molecule has 0 saturated heterocycles. The first-order valence-corrected chi connectivity index (χ1v) is 6.35. The fourth-order valence-electron chi connectivity index (χ4n) is 3.74. The molecule has 2 aliphatic rings. The van der Waals surface area contributed by atoms with Gasteiger partial charge in [-0.15, -0.1) is 0 Å². The van der Waals surface area contributed by atoms with Crippen LogP contribution in [0.2, 0.25) is 0 Å². The van der Waals surface area contributed by atoms with E-state index in [1.807, 2.05) is 0 Å². The zero-order chi connectivity index (χ0) is 10.3. The first kappa shape index (κ1) is 10.5. The number of fused-ring (bicyclic) bond motifs is 1. The number of nitrogens with two attached hydrogens (primary N) is 1. The van der Waals surface area contributed by atoms with Crippen LogP contribution >= 0.6 is 0 Å². The SMILES string of the molecule is CC1CCC2C(C)C2C(N)CC(C)C1. The van der Waals surface area contributed by atoms with E-state index in [2.05, 4.69) is 20.8 Å². The largest absolute Gasteiger partial charge is 0.327 e. The van der Waals surface area contributed by atoms with Crippen LogP contribution in [-0.2, 0) is 0 Å². The topological polar surface area (TPSA) is 26.0 Å². The maximum Gasteiger partial charge on any atom is 0.00750 e. The van der Waals surface area contributed by atoms with Crippen molar-refractivity contribution >= 4 is 0 Å². The van der Waals surface area contributed by atoms with Gasteiger partial charge in [0.2, 0.25) is 0 Å². The summed E-state index contributed by atoms with van der Waals surface area (Å²) in [4.78, 5) is 0. The van der Waals surface area contributed by atoms with Gasteiger partial charge in [0.05, 0.1) is 0 Å². The maximum absolute atomic E-state index is 6.29. The Labute approximate surface area is 88.4 Å². The second kappa shape index (κ2) is 3.84. The van der Waals surface area contributed by atoms with Crippen LogP contribution < -0.4 is 5.73 Å². The Balaban J connectivity index is 1.99. The van der Waals surface area contributed by atoms with Crippen molar-refractivity contribution in [3.05, 3.63) is 0 Å². The molecule has 1 nitrogen and oxygen atoms in total. The lowest BCUT2D eigenvalue weighted by atomic mass is 9.89. The van der Waals surface area contributed by atoms with Crippen LogP contribution in [0.4, 0.5) is 0 Å². The van der Waals surface area contributed by atoms with Crippen LogP contribution in [0, 0.1) is 29.6 Å². The summed E-state index contributed by atoms with van der Waals surface area (Å²) in [6, 6.07) is 0.496. The minimum absolute atomic E-state index is 0.496. The van der Waals surface area contributed by atoms with Crippen LogP contribution in [0.1, 0.15) is 46.5 Å². The Hall–Kier alpha value is -0.0400. The molecule has 0 bridgehead atoms. The van der Waals surface area contributed by atoms with Crippen molar-refractivity contribution in [1.82, 2.24) is 0 Å². The molecular formula is C13H25N. The molecule has 0 aromatic rings. The van der Waals surface area contributed by atoms with Gasteiger partial charge in [0, 0.05) is 6.04 Å². The third kappa shape index (κ3) is 1.98. The van der Waals surface area contributed by atoms with Gasteiger partial charge in [0.1, 0.15) is 0 Å². The van der Waals surface area contributed by atoms with Gasteiger partial charge < -0.3 is 5.73 Å². The van der Waals surface area contributed by atoms with Gasteiger partial charge in [-0.25, -0.2) is 0 Å². The monoisotopic (exact) mass is 195 g/mol. The van der Waals surface area contributed by atoms with Gasteiger partial charge in [0.25, 0.3) is 0 Å². The van der Waals surface area contributed by atoms with Crippen LogP contribution in [0.3, 0.4) is 0 Å². The van der Waals surface area contributed by atoms with Gasteiger partial charge in [-0.05, 0) is 48.9 Å². The molecule has 0 amide bonds. The lowest BCUT2D eigenvalue weighted by molar-refractivity contribution is 0.350. The van der Waals surface area contributed by atoms with Gasteiger partial charge in [-0.1, -0.05) is 27.2 Å². The van der Waals surface area contributed by atoms with Crippen molar-refractivity contribution in [3.8, 4) is 0 Å². The van der Waals surface area contributed by atoms with Gasteiger partial charge >= 0.3 is 0 Å². The molecule has 0 aromatic carbocycles. The van der Waals surface area contributed by atoms with Crippen molar-refractivity contribution < 1.29 is 0 Å². The summed E-state index contributed by atoms with van der Waals surface area (Å²) < 4.78 is 0. The third-order valence-electron chi connectivity index (χ3n) is 4.60. The fourth-order valence-corrected chi connectivity index (χ4v) is 3.74. The molecule has 6 atom stereocenters. The molecule has 2 aliphatic carbocycles. The molecule has 0 aliphatic heterocycles. The highest BCUT2D eigenvalue weighted by Crippen LogP contribution is 2.52. The minimum atomic E-state index is 0.496. The lowest BCUT2D eigenvalue weighted by Gasteiger charge is -2.19. The summed E-state index contributed by atoms with van der Waals surface area (Å²) in [7, 11) is 0. The third-order valence-corrected chi connectivity index (χ3v) is 4.60. The van der Waals surface area contributed by atoms with E-state index < -0.39 is 0 Å². The van der Waals surface area contributed by atoms with Crippen molar-refractivity contribution in [2.24, 2.45) is 35.3 Å². The van der Waals surface area contributed by atoms with Gasteiger partial charge in [-0.3, -0.25) is 0 Å². The molecule has 0 spiro atoms. The fraction of sp³-hybridized carbons (Fsp3) is 1.00. The van der Waals surface area contributed by atoms with Crippen LogP contribution in [0.15, 0.2) is 0 Å². The lowest BCUT2D eigenvalue weighted by Crippen LogP contribution is -2.26. The Bertz CT molecular complexity index is 201. The van der Waals surface area contributed by atoms with E-state index in [0.29, 0.717) is 6.04 Å². The van der Waals surface area contributed by atoms with Crippen molar-refractivity contribution in [2.45, 2.75) is 52.5 Å². The molecule has 0 aromatic heterocycles. The summed E-state index contributed by atoms with van der Waals surface area (Å²) in [5, 5.41) is 0. The molecule has 2 fully saturated rings. The molecule has 14 heavy (non-hydrogen) atoms. The van der Waals surface area contributed by atoms with Crippen molar-refractivity contribution in [2.75, 3.05) is 0 Å². The minimum Gasteiger partial charge on any atom is -0.327 e. The Morgan fingerprint density at radius 2 is 1.64 bits per heavy atom. The molecule has 2 saturated carbocycles. The second-order valence-corrected chi connectivity index (χ2v) is 6.02. The van der Waals surface area contributed by atoms with Crippen LogP contribution in [-0.4, -0.2) is 6.04 Å². The molecule has 1 heteroatoms. The Morgan fingerprint density at radius 3 is 2.36 bits per heavy atom. The molecule has 6 unspecified atom stereocenters. The number of rotatable bonds is 0. The summed E-state index contributed by atoms with van der Waals surface area (Å²) in [5.41, 5.74) is 6.29. The zero-order valence-electron chi connectivity index (χ0n) is 9.87. The van der Waals surface area contributed by atoms with E-state index in [-0.39, 0.29) is 0 Å². The van der Waals surface area contributed by atoms with Crippen LogP contribution in [0.5, 0.6) is 0 Å². The molecular weight excluding hydrogens is 170 g/mol. The van der Waals surface area contributed by atoms with E-state index >= 15 is 0 Å². The second-order valence-electron chi connectivity index (χ2n) is 6.02. The smallest absolute Gasteiger partial charge is 0.00750 e. The Kier molecular flexibility index (Phi) is 2.88. The van der Waals surface area contributed by atoms with E-state index in [1.165, 1.54) is 25.7 Å². The average molecular weight is 195 g/mol. The molecule has 2 N–H and O–H groups in total. The highest BCUT2D eigenvalue weighted by Gasteiger charge is 2.49. The molecule has 0 radical (unpaired) electrons. The summed E-state index contributed by atoms with van der Waals surface area (Å²) in [5.74, 6) is 4.51. The van der Waals surface area contributed by atoms with E-state index in [1.54, 1.807) is 0 Å². The molecule has 0 heterocycles. The zero-order valence-corrected chi connectivity index (χ0v) is 9.87. The first-order valence-electron chi connectivity index (χ1n) is 6.35. The maximum atomic E-state index is 6.29. The van der Waals surface area contributed by atoms with Crippen molar-refractivity contribution in [1.29, 1.82) is 0 Å². The standard InChI is InChI=1S/C13H25N/c1-8-4-5-11-10(3)13(11)12(14)7-9(2)6-8/h8-13H,4-7,14H2,1-3H3. The molecule has 82 valence electrons. The summed E-state index contributed by atoms with van der Waals surface area (Å²) >= 11 is 0. The van der Waals surface area contributed by atoms with Crippen LogP contribution in [0.25, 0.3) is 0 Å². The van der Waals surface area contributed by atoms with Gasteiger partial charge in [0.15, 0.2) is 0 Å². The first-order chi connectivity index (χ1) is 6.59. The summed E-state index contributed by atoms with van der Waals surface area (Å²) in [6.45, 7) is 7.19. The highest BCUT2D eigenvalue weighted by molar-refractivity contribution is 5.00. The summed E-state index contributed by atoms with van der Waals surface area (Å²) in [6.07, 6.45) is 5.52. The average Bonchev–Trinajstić information content (AvgIpc) is 2.70. The van der Waals surface area contributed by atoms with E-state index in [4.69, 9.17) is 5.73 Å². The molecule has 2 rings (SSSR count). The normalized spacial score (nSPS) is 54.0.